The van der Waals surface area contributed by atoms with Crippen LogP contribution in [0.3, 0.4) is 0 Å². The van der Waals surface area contributed by atoms with Crippen molar-refractivity contribution >= 4 is 20.0 Å². The molecular weight excluding hydrogens is 510 g/mol. The molecule has 1 saturated heterocycles. The van der Waals surface area contributed by atoms with E-state index < -0.39 is 13.9 Å². The van der Waals surface area contributed by atoms with Gasteiger partial charge in [-0.15, -0.1) is 0 Å². The maximum atomic E-state index is 14.5. The van der Waals surface area contributed by atoms with Gasteiger partial charge >= 0.3 is 0 Å². The molecule has 40 heavy (non-hydrogen) atoms. The maximum absolute atomic E-state index is 14.5. The Bertz CT molecular complexity index is 1120. The van der Waals surface area contributed by atoms with Gasteiger partial charge in [0.1, 0.15) is 5.78 Å². The van der Waals surface area contributed by atoms with E-state index in [2.05, 4.69) is 96.7 Å². The summed E-state index contributed by atoms with van der Waals surface area (Å²) in [6, 6.07) is 20.6. The van der Waals surface area contributed by atoms with E-state index in [1.165, 1.54) is 0 Å². The molecule has 0 spiro atoms. The summed E-state index contributed by atoms with van der Waals surface area (Å²) in [6.45, 7) is 19.0. The van der Waals surface area contributed by atoms with Crippen LogP contribution >= 0.6 is 0 Å². The molecule has 4 rings (SSSR count). The first-order chi connectivity index (χ1) is 18.9. The summed E-state index contributed by atoms with van der Waals surface area (Å²) in [7, 11) is -1.94. The van der Waals surface area contributed by atoms with Crippen molar-refractivity contribution in [2.45, 2.75) is 109 Å². The second kappa shape index (κ2) is 12.3. The van der Waals surface area contributed by atoms with Crippen LogP contribution in [0.25, 0.3) is 0 Å². The Morgan fingerprint density at radius 1 is 0.850 bits per heavy atom. The minimum atomic E-state index is -1.94. The zero-order chi connectivity index (χ0) is 29.2. The third-order valence-corrected chi connectivity index (χ3v) is 16.2. The zero-order valence-electron chi connectivity index (χ0n) is 26.0. The van der Waals surface area contributed by atoms with Gasteiger partial charge in [0.25, 0.3) is 0 Å². The van der Waals surface area contributed by atoms with Crippen LogP contribution in [0.5, 0.6) is 0 Å². The van der Waals surface area contributed by atoms with Gasteiger partial charge < -0.3 is 9.33 Å². The molecule has 1 aliphatic heterocycles. The first-order valence-electron chi connectivity index (χ1n) is 15.5. The van der Waals surface area contributed by atoms with Gasteiger partial charge in [-0.25, -0.2) is 0 Å². The molecular formula is C35H51NO3Si. The quantitative estimate of drug-likeness (QED) is 0.204. The minimum Gasteiger partial charge on any atom is -0.416 e. The molecule has 0 N–H and O–H groups in total. The van der Waals surface area contributed by atoms with E-state index >= 15 is 0 Å². The Morgan fingerprint density at radius 2 is 1.40 bits per heavy atom. The Kier molecular flexibility index (Phi) is 9.46. The lowest BCUT2D eigenvalue weighted by atomic mass is 9.68. The number of hydrogen-bond acceptors (Lipinski definition) is 3. The summed E-state index contributed by atoms with van der Waals surface area (Å²) in [5.74, 6) is 0.448. The van der Waals surface area contributed by atoms with Crippen molar-refractivity contribution in [2.75, 3.05) is 6.61 Å². The van der Waals surface area contributed by atoms with E-state index in [0.717, 1.165) is 30.6 Å². The van der Waals surface area contributed by atoms with Crippen molar-refractivity contribution < 1.29 is 14.0 Å². The van der Waals surface area contributed by atoms with Crippen molar-refractivity contribution in [2.24, 2.45) is 17.8 Å². The molecule has 1 heterocycles. The number of nitrogens with zero attached hydrogens (tertiary/aromatic N) is 1. The molecule has 4 nitrogen and oxygen atoms in total. The summed E-state index contributed by atoms with van der Waals surface area (Å²) in [4.78, 5) is 29.9. The van der Waals surface area contributed by atoms with Crippen LogP contribution in [-0.2, 0) is 19.6 Å². The van der Waals surface area contributed by atoms with E-state index in [9.17, 15) is 9.59 Å². The number of carbonyl (C=O) groups excluding carboxylic acids is 2. The number of likely N-dealkylation sites (tertiary alicyclic amines) is 1. The third-order valence-electron chi connectivity index (χ3n) is 10.1. The summed E-state index contributed by atoms with van der Waals surface area (Å²) in [5, 5.41) is 0. The predicted molar refractivity (Wildman–Crippen MR) is 166 cm³/mol. The molecule has 5 heteroatoms. The molecule has 218 valence electrons. The van der Waals surface area contributed by atoms with Crippen LogP contribution in [0, 0.1) is 17.8 Å². The molecule has 0 aromatic heterocycles. The van der Waals surface area contributed by atoms with Crippen LogP contribution in [0.1, 0.15) is 98.2 Å². The number of benzene rings is 2. The topological polar surface area (TPSA) is 46.6 Å². The van der Waals surface area contributed by atoms with Crippen LogP contribution in [0.15, 0.2) is 60.7 Å². The lowest BCUT2D eigenvalue weighted by Crippen LogP contribution is -2.48. The number of amides is 1. The molecule has 0 bridgehead atoms. The monoisotopic (exact) mass is 561 g/mol. The van der Waals surface area contributed by atoms with Crippen molar-refractivity contribution in [3.63, 3.8) is 0 Å². The number of Topliss-reactive ketones (excluding diaryl/α,β-unsaturated/α-hetero) is 1. The SMILES string of the molecule is CC(C)[Si](OCCC[C@H]1CC(=O)C[C@H]2[C@@H]1C(=O)N(C(C)(C)c1ccccc1)[C@@H]2c1ccccc1)(C(C)C)C(C)C. The molecule has 2 fully saturated rings. The lowest BCUT2D eigenvalue weighted by Gasteiger charge is -2.42. The normalized spacial score (nSPS) is 23.9. The smallest absolute Gasteiger partial charge is 0.227 e. The molecule has 4 atom stereocenters. The number of rotatable bonds is 11. The largest absolute Gasteiger partial charge is 0.416 e. The Balaban J connectivity index is 1.61. The van der Waals surface area contributed by atoms with Crippen molar-refractivity contribution in [3.8, 4) is 0 Å². The van der Waals surface area contributed by atoms with E-state index in [4.69, 9.17) is 4.43 Å². The summed E-state index contributed by atoms with van der Waals surface area (Å²) >= 11 is 0. The Hall–Kier alpha value is -2.24. The predicted octanol–water partition coefficient (Wildman–Crippen LogP) is 8.69. The summed E-state index contributed by atoms with van der Waals surface area (Å²) in [5.41, 5.74) is 3.39. The standard InChI is InChI=1S/C35H51NO3Si/c1-24(2)40(25(3)4,26(5)6)39-21-15-18-28-22-30(37)23-31-32(28)34(38)36(33(31)27-16-11-9-12-17-27)35(7,8)29-19-13-10-14-20-29/h9-14,16-17,19-20,24-26,28,31-33H,15,18,21-23H2,1-8H3/t28-,31-,32+,33+/m0/s1. The molecule has 0 radical (unpaired) electrons. The van der Waals surface area contributed by atoms with Gasteiger partial charge in [-0.05, 0) is 60.4 Å². The molecule has 1 amide bonds. The van der Waals surface area contributed by atoms with Crippen LogP contribution in [-0.4, -0.2) is 31.5 Å². The highest BCUT2D eigenvalue weighted by Crippen LogP contribution is 2.55. The van der Waals surface area contributed by atoms with Gasteiger partial charge in [-0.2, -0.15) is 0 Å². The lowest BCUT2D eigenvalue weighted by molar-refractivity contribution is -0.140. The van der Waals surface area contributed by atoms with Gasteiger partial charge in [-0.1, -0.05) is 102 Å². The van der Waals surface area contributed by atoms with Crippen molar-refractivity contribution in [1.29, 1.82) is 0 Å². The summed E-state index contributed by atoms with van der Waals surface area (Å²) < 4.78 is 6.85. The molecule has 1 saturated carbocycles. The first kappa shape index (κ1) is 30.7. The average Bonchev–Trinajstić information content (AvgIpc) is 3.21. The second-order valence-electron chi connectivity index (χ2n) is 13.7. The fourth-order valence-corrected chi connectivity index (χ4v) is 14.0. The van der Waals surface area contributed by atoms with Crippen LogP contribution in [0.2, 0.25) is 16.6 Å². The van der Waals surface area contributed by atoms with Gasteiger partial charge in [0.2, 0.25) is 5.91 Å². The molecule has 0 unspecified atom stereocenters. The highest BCUT2D eigenvalue weighted by molar-refractivity contribution is 6.77. The highest BCUT2D eigenvalue weighted by atomic mass is 28.4. The van der Waals surface area contributed by atoms with E-state index in [1.807, 2.05) is 24.3 Å². The number of fused-ring (bicyclic) bond motifs is 1. The molecule has 2 aromatic carbocycles. The Morgan fingerprint density at radius 3 is 1.95 bits per heavy atom. The van der Waals surface area contributed by atoms with Crippen molar-refractivity contribution in [3.05, 3.63) is 71.8 Å². The zero-order valence-corrected chi connectivity index (χ0v) is 27.0. The first-order valence-corrected chi connectivity index (χ1v) is 17.7. The highest BCUT2D eigenvalue weighted by Gasteiger charge is 2.57. The van der Waals surface area contributed by atoms with Gasteiger partial charge in [0.05, 0.1) is 11.6 Å². The van der Waals surface area contributed by atoms with Crippen LogP contribution in [0.4, 0.5) is 0 Å². The minimum absolute atomic E-state index is 0.000475. The summed E-state index contributed by atoms with van der Waals surface area (Å²) in [6.07, 6.45) is 2.75. The fourth-order valence-electron chi connectivity index (χ4n) is 8.46. The average molecular weight is 562 g/mol. The number of ketones is 1. The molecule has 2 aliphatic rings. The van der Waals surface area contributed by atoms with Crippen LogP contribution < -0.4 is 0 Å². The maximum Gasteiger partial charge on any atom is 0.227 e. The second-order valence-corrected chi connectivity index (χ2v) is 19.2. The molecule has 2 aromatic rings. The molecule has 1 aliphatic carbocycles. The Labute approximate surface area is 244 Å². The fraction of sp³-hybridized carbons (Fsp3) is 0.600. The van der Waals surface area contributed by atoms with Gasteiger partial charge in [0.15, 0.2) is 8.32 Å². The number of hydrogen-bond donors (Lipinski definition) is 0. The van der Waals surface area contributed by atoms with Gasteiger partial charge in [-0.3, -0.25) is 9.59 Å². The number of carbonyl (C=O) groups is 2. The van der Waals surface area contributed by atoms with Gasteiger partial charge in [0, 0.05) is 31.3 Å². The van der Waals surface area contributed by atoms with E-state index in [-0.39, 0.29) is 29.7 Å². The van der Waals surface area contributed by atoms with E-state index in [0.29, 0.717) is 35.2 Å². The van der Waals surface area contributed by atoms with E-state index in [1.54, 1.807) is 0 Å². The third kappa shape index (κ3) is 5.61. The van der Waals surface area contributed by atoms with Crippen molar-refractivity contribution in [1.82, 2.24) is 4.90 Å².